The number of para-hydroxylation sites is 1. The van der Waals surface area contributed by atoms with Crippen LogP contribution in [0.15, 0.2) is 168 Å². The Hall–Kier alpha value is -6.65. The van der Waals surface area contributed by atoms with Gasteiger partial charge in [-0.25, -0.2) is 15.0 Å². The molecular formula is C45H27N3O. The second kappa shape index (κ2) is 11.0. The average molecular weight is 626 g/mol. The molecule has 0 saturated carbocycles. The summed E-state index contributed by atoms with van der Waals surface area (Å²) >= 11 is 0. The molecule has 0 saturated heterocycles. The van der Waals surface area contributed by atoms with Gasteiger partial charge < -0.3 is 4.42 Å². The summed E-state index contributed by atoms with van der Waals surface area (Å²) in [5, 5.41) is 9.00. The molecule has 0 unspecified atom stereocenters. The molecule has 0 aliphatic heterocycles. The normalized spacial score (nSPS) is 11.7. The zero-order chi connectivity index (χ0) is 32.3. The van der Waals surface area contributed by atoms with E-state index < -0.39 is 0 Å². The van der Waals surface area contributed by atoms with Crippen molar-refractivity contribution >= 4 is 54.3 Å². The van der Waals surface area contributed by atoms with Crippen LogP contribution in [-0.4, -0.2) is 15.0 Å². The average Bonchev–Trinajstić information content (AvgIpc) is 3.53. The summed E-state index contributed by atoms with van der Waals surface area (Å²) in [5.41, 5.74) is 6.93. The molecular weight excluding hydrogens is 599 g/mol. The van der Waals surface area contributed by atoms with E-state index in [0.29, 0.717) is 17.5 Å². The molecule has 0 aliphatic rings. The quantitative estimate of drug-likeness (QED) is 0.195. The van der Waals surface area contributed by atoms with Gasteiger partial charge in [-0.2, -0.15) is 0 Å². The van der Waals surface area contributed by atoms with Gasteiger partial charge in [0.15, 0.2) is 17.5 Å². The van der Waals surface area contributed by atoms with Gasteiger partial charge in [-0.15, -0.1) is 0 Å². The van der Waals surface area contributed by atoms with Crippen molar-refractivity contribution in [3.05, 3.63) is 164 Å². The number of rotatable bonds is 4. The maximum absolute atomic E-state index is 6.24. The molecule has 0 fully saturated rings. The Balaban J connectivity index is 1.19. The number of nitrogens with zero attached hydrogens (tertiary/aromatic N) is 3. The second-order valence-corrected chi connectivity index (χ2v) is 12.4. The minimum atomic E-state index is 0.621. The lowest BCUT2D eigenvalue weighted by Gasteiger charge is -2.13. The van der Waals surface area contributed by atoms with Crippen LogP contribution in [0.3, 0.4) is 0 Å². The van der Waals surface area contributed by atoms with Gasteiger partial charge in [0, 0.05) is 27.5 Å². The predicted molar refractivity (Wildman–Crippen MR) is 201 cm³/mol. The monoisotopic (exact) mass is 625 g/mol. The van der Waals surface area contributed by atoms with Crippen LogP contribution >= 0.6 is 0 Å². The Kier molecular flexibility index (Phi) is 6.15. The first kappa shape index (κ1) is 27.5. The van der Waals surface area contributed by atoms with Crippen LogP contribution in [-0.2, 0) is 0 Å². The molecule has 10 rings (SSSR count). The fraction of sp³-hybridized carbons (Fsp3) is 0. The largest absolute Gasteiger partial charge is 0.456 e. The summed E-state index contributed by atoms with van der Waals surface area (Å²) in [6.45, 7) is 0. The summed E-state index contributed by atoms with van der Waals surface area (Å²) in [5.74, 6) is 1.89. The summed E-state index contributed by atoms with van der Waals surface area (Å²) in [4.78, 5) is 15.4. The molecule has 49 heavy (non-hydrogen) atoms. The number of furan rings is 1. The molecule has 0 spiro atoms. The molecule has 10 aromatic rings. The SMILES string of the molecule is c1ccc(-c2ccc(-c3nc(-c4ccc5ccccc5c4)nc(-c4ccc5cc6c(cc5c4)oc4ccccc46)n3)c3ccccc23)cc1. The van der Waals surface area contributed by atoms with Crippen LogP contribution in [0.1, 0.15) is 0 Å². The molecule has 0 aliphatic carbocycles. The van der Waals surface area contributed by atoms with Gasteiger partial charge in [0.25, 0.3) is 0 Å². The van der Waals surface area contributed by atoms with Gasteiger partial charge in [0.1, 0.15) is 11.2 Å². The van der Waals surface area contributed by atoms with E-state index in [2.05, 4.69) is 146 Å². The zero-order valence-electron chi connectivity index (χ0n) is 26.3. The van der Waals surface area contributed by atoms with E-state index in [1.807, 2.05) is 18.2 Å². The van der Waals surface area contributed by atoms with E-state index in [0.717, 1.165) is 65.6 Å². The van der Waals surface area contributed by atoms with Crippen molar-refractivity contribution in [2.75, 3.05) is 0 Å². The van der Waals surface area contributed by atoms with E-state index in [-0.39, 0.29) is 0 Å². The first-order chi connectivity index (χ1) is 24.2. The zero-order valence-corrected chi connectivity index (χ0v) is 26.3. The highest BCUT2D eigenvalue weighted by Gasteiger charge is 2.17. The number of fused-ring (bicyclic) bond motifs is 6. The smallest absolute Gasteiger partial charge is 0.164 e. The highest BCUT2D eigenvalue weighted by Crippen LogP contribution is 2.37. The van der Waals surface area contributed by atoms with Crippen LogP contribution in [0.25, 0.3) is 99.5 Å². The highest BCUT2D eigenvalue weighted by molar-refractivity contribution is 6.10. The molecule has 8 aromatic carbocycles. The molecule has 0 bridgehead atoms. The van der Waals surface area contributed by atoms with Gasteiger partial charge in [-0.05, 0) is 79.8 Å². The summed E-state index contributed by atoms with van der Waals surface area (Å²) in [6, 6.07) is 57.0. The van der Waals surface area contributed by atoms with E-state index in [4.69, 9.17) is 19.4 Å². The van der Waals surface area contributed by atoms with Crippen molar-refractivity contribution in [1.82, 2.24) is 15.0 Å². The fourth-order valence-corrected chi connectivity index (χ4v) is 7.05. The van der Waals surface area contributed by atoms with Crippen LogP contribution < -0.4 is 0 Å². The summed E-state index contributed by atoms with van der Waals surface area (Å²) < 4.78 is 6.24. The second-order valence-electron chi connectivity index (χ2n) is 12.4. The number of aromatic nitrogens is 3. The molecule has 2 heterocycles. The predicted octanol–water partition coefficient (Wildman–Crippen LogP) is 11.9. The van der Waals surface area contributed by atoms with E-state index in [9.17, 15) is 0 Å². The molecule has 228 valence electrons. The number of hydrogen-bond donors (Lipinski definition) is 0. The minimum absolute atomic E-state index is 0.621. The van der Waals surface area contributed by atoms with E-state index in [1.54, 1.807) is 0 Å². The van der Waals surface area contributed by atoms with Crippen molar-refractivity contribution in [3.8, 4) is 45.3 Å². The Morgan fingerprint density at radius 1 is 0.306 bits per heavy atom. The third-order valence-corrected chi connectivity index (χ3v) is 9.49. The van der Waals surface area contributed by atoms with E-state index >= 15 is 0 Å². The maximum atomic E-state index is 6.24. The van der Waals surface area contributed by atoms with Gasteiger partial charge in [0.05, 0.1) is 0 Å². The maximum Gasteiger partial charge on any atom is 0.164 e. The lowest BCUT2D eigenvalue weighted by atomic mass is 9.94. The molecule has 0 radical (unpaired) electrons. The van der Waals surface area contributed by atoms with Gasteiger partial charge in [0.2, 0.25) is 0 Å². The number of benzene rings is 8. The molecule has 4 heteroatoms. The van der Waals surface area contributed by atoms with Crippen LogP contribution in [0.5, 0.6) is 0 Å². The van der Waals surface area contributed by atoms with Crippen molar-refractivity contribution in [1.29, 1.82) is 0 Å². The molecule has 0 atom stereocenters. The Morgan fingerprint density at radius 2 is 0.878 bits per heavy atom. The third-order valence-electron chi connectivity index (χ3n) is 9.49. The Labute approximate surface area is 282 Å². The highest BCUT2D eigenvalue weighted by atomic mass is 16.3. The Morgan fingerprint density at radius 3 is 1.67 bits per heavy atom. The third kappa shape index (κ3) is 4.65. The van der Waals surface area contributed by atoms with Gasteiger partial charge in [-0.1, -0.05) is 127 Å². The fourth-order valence-electron chi connectivity index (χ4n) is 7.05. The standard InChI is InChI=1S/C45H27N3O/c1-2-11-29(12-3-1)35-22-23-39(37-15-7-6-14-36(35)37)45-47-43(32-20-18-28-10-4-5-13-30(28)24-32)46-44(48-45)33-21-19-31-26-40-38-16-8-9-17-41(38)49-42(40)27-34(31)25-33/h1-27H. The van der Waals surface area contributed by atoms with Crippen molar-refractivity contribution in [2.24, 2.45) is 0 Å². The minimum Gasteiger partial charge on any atom is -0.456 e. The van der Waals surface area contributed by atoms with Gasteiger partial charge in [-0.3, -0.25) is 0 Å². The number of hydrogen-bond acceptors (Lipinski definition) is 4. The van der Waals surface area contributed by atoms with Crippen molar-refractivity contribution < 1.29 is 4.42 Å². The van der Waals surface area contributed by atoms with Crippen molar-refractivity contribution in [3.63, 3.8) is 0 Å². The lowest BCUT2D eigenvalue weighted by molar-refractivity contribution is 0.669. The topological polar surface area (TPSA) is 51.8 Å². The Bertz CT molecular complexity index is 2890. The van der Waals surface area contributed by atoms with Crippen LogP contribution in [0.2, 0.25) is 0 Å². The summed E-state index contributed by atoms with van der Waals surface area (Å²) in [7, 11) is 0. The first-order valence-electron chi connectivity index (χ1n) is 16.4. The lowest BCUT2D eigenvalue weighted by Crippen LogP contribution is -2.01. The molecule has 4 nitrogen and oxygen atoms in total. The molecule has 2 aromatic heterocycles. The van der Waals surface area contributed by atoms with Crippen LogP contribution in [0.4, 0.5) is 0 Å². The van der Waals surface area contributed by atoms with E-state index in [1.165, 1.54) is 16.5 Å². The molecule has 0 N–H and O–H groups in total. The van der Waals surface area contributed by atoms with Crippen LogP contribution in [0, 0.1) is 0 Å². The van der Waals surface area contributed by atoms with Crippen molar-refractivity contribution in [2.45, 2.75) is 0 Å². The summed E-state index contributed by atoms with van der Waals surface area (Å²) in [6.07, 6.45) is 0. The first-order valence-corrected chi connectivity index (χ1v) is 16.4. The molecule has 0 amide bonds. The van der Waals surface area contributed by atoms with Gasteiger partial charge >= 0.3 is 0 Å².